The molecule has 1 aromatic carbocycles. The van der Waals surface area contributed by atoms with Crippen molar-refractivity contribution in [2.24, 2.45) is 5.92 Å². The Balaban J connectivity index is 2.48. The van der Waals surface area contributed by atoms with E-state index in [1.807, 2.05) is 0 Å². The number of aromatic nitrogens is 1. The lowest BCUT2D eigenvalue weighted by Gasteiger charge is -2.14. The number of hydrogen-bond acceptors (Lipinski definition) is 3. The van der Waals surface area contributed by atoms with Crippen molar-refractivity contribution in [1.82, 2.24) is 4.98 Å². The van der Waals surface area contributed by atoms with E-state index in [-0.39, 0.29) is 17.4 Å². The summed E-state index contributed by atoms with van der Waals surface area (Å²) in [5.41, 5.74) is -0.166. The number of hydrogen-bond donors (Lipinski definition) is 1. The van der Waals surface area contributed by atoms with Crippen LogP contribution in [-0.4, -0.2) is 10.9 Å². The molecule has 1 aromatic heterocycles. The second kappa shape index (κ2) is 5.85. The van der Waals surface area contributed by atoms with E-state index in [0.29, 0.717) is 10.7 Å². The van der Waals surface area contributed by atoms with Crippen molar-refractivity contribution in [3.05, 3.63) is 35.3 Å². The second-order valence-electron chi connectivity index (χ2n) is 4.74. The highest BCUT2D eigenvalue weighted by Gasteiger charge is 2.31. The number of benzene rings is 1. The third-order valence-electron chi connectivity index (χ3n) is 2.79. The Bertz CT molecular complexity index is 636. The fourth-order valence-electron chi connectivity index (χ4n) is 1.64. The quantitative estimate of drug-likeness (QED) is 0.911. The third kappa shape index (κ3) is 3.60. The highest BCUT2D eigenvalue weighted by atomic mass is 32.1. The van der Waals surface area contributed by atoms with E-state index in [1.54, 1.807) is 19.2 Å². The molecule has 2 rings (SSSR count). The van der Waals surface area contributed by atoms with E-state index in [2.05, 4.69) is 10.3 Å². The molecule has 0 aliphatic heterocycles. The molecule has 0 spiro atoms. The lowest BCUT2D eigenvalue weighted by atomic mass is 10.1. The van der Waals surface area contributed by atoms with E-state index in [0.717, 1.165) is 12.1 Å². The van der Waals surface area contributed by atoms with Crippen LogP contribution >= 0.6 is 11.3 Å². The largest absolute Gasteiger partial charge is 0.416 e. The first-order valence-electron chi connectivity index (χ1n) is 6.21. The molecule has 0 atom stereocenters. The zero-order chi connectivity index (χ0) is 15.6. The van der Waals surface area contributed by atoms with Gasteiger partial charge in [-0.3, -0.25) is 4.79 Å². The van der Waals surface area contributed by atoms with Crippen LogP contribution in [0.15, 0.2) is 29.8 Å². The molecule has 0 saturated carbocycles. The highest BCUT2D eigenvalue weighted by molar-refractivity contribution is 7.13. The summed E-state index contributed by atoms with van der Waals surface area (Å²) in [6, 6.07) is 3.22. The lowest BCUT2D eigenvalue weighted by Crippen LogP contribution is -2.18. The van der Waals surface area contributed by atoms with Crippen LogP contribution in [0.4, 0.5) is 18.9 Å². The Kier molecular flexibility index (Phi) is 4.32. The predicted octanol–water partition coefficient (Wildman–Crippen LogP) is 4.42. The van der Waals surface area contributed by atoms with Crippen LogP contribution < -0.4 is 5.32 Å². The molecule has 21 heavy (non-hydrogen) atoms. The predicted molar refractivity (Wildman–Crippen MR) is 76.0 cm³/mol. The van der Waals surface area contributed by atoms with Gasteiger partial charge in [0.05, 0.1) is 11.3 Å². The molecule has 0 bridgehead atoms. The minimum absolute atomic E-state index is 0.257. The second-order valence-corrected chi connectivity index (χ2v) is 5.63. The topological polar surface area (TPSA) is 42.0 Å². The molecule has 0 aliphatic carbocycles. The van der Waals surface area contributed by atoms with Gasteiger partial charge in [-0.05, 0) is 18.2 Å². The van der Waals surface area contributed by atoms with E-state index in [9.17, 15) is 18.0 Å². The van der Waals surface area contributed by atoms with Gasteiger partial charge in [-0.25, -0.2) is 4.98 Å². The molecule has 1 amide bonds. The summed E-state index contributed by atoms with van der Waals surface area (Å²) in [6.07, 6.45) is -2.93. The zero-order valence-electron chi connectivity index (χ0n) is 11.4. The van der Waals surface area contributed by atoms with Crippen LogP contribution in [0.5, 0.6) is 0 Å². The van der Waals surface area contributed by atoms with Crippen molar-refractivity contribution in [2.45, 2.75) is 20.0 Å². The SMILES string of the molecule is CC(C)C(=O)Nc1ccc(C(F)(F)F)cc1-c1nccs1. The molecule has 1 heterocycles. The molecule has 0 aliphatic rings. The Morgan fingerprint density at radius 1 is 1.33 bits per heavy atom. The van der Waals surface area contributed by atoms with Gasteiger partial charge in [-0.2, -0.15) is 13.2 Å². The molecule has 7 heteroatoms. The Labute approximate surface area is 123 Å². The van der Waals surface area contributed by atoms with Gasteiger partial charge in [0.2, 0.25) is 5.91 Å². The monoisotopic (exact) mass is 314 g/mol. The van der Waals surface area contributed by atoms with Crippen molar-refractivity contribution in [3.8, 4) is 10.6 Å². The summed E-state index contributed by atoms with van der Waals surface area (Å²) in [7, 11) is 0. The van der Waals surface area contributed by atoms with E-state index < -0.39 is 11.7 Å². The standard InChI is InChI=1S/C14H13F3N2OS/c1-8(2)12(20)19-11-4-3-9(14(15,16)17)7-10(11)13-18-5-6-21-13/h3-8H,1-2H3,(H,19,20). The van der Waals surface area contributed by atoms with Gasteiger partial charge in [-0.15, -0.1) is 11.3 Å². The number of nitrogens with one attached hydrogen (secondary N) is 1. The summed E-state index contributed by atoms with van der Waals surface area (Å²) in [6.45, 7) is 3.42. The zero-order valence-corrected chi connectivity index (χ0v) is 12.2. The number of carbonyl (C=O) groups is 1. The molecule has 3 nitrogen and oxygen atoms in total. The Morgan fingerprint density at radius 2 is 2.05 bits per heavy atom. The lowest BCUT2D eigenvalue weighted by molar-refractivity contribution is -0.137. The molecular weight excluding hydrogens is 301 g/mol. The maximum atomic E-state index is 12.8. The average Bonchev–Trinajstić information content (AvgIpc) is 2.91. The summed E-state index contributed by atoms with van der Waals surface area (Å²) in [5, 5.41) is 4.74. The first-order valence-corrected chi connectivity index (χ1v) is 7.09. The number of rotatable bonds is 3. The van der Waals surface area contributed by atoms with Crippen molar-refractivity contribution < 1.29 is 18.0 Å². The van der Waals surface area contributed by atoms with Crippen LogP contribution in [-0.2, 0) is 11.0 Å². The number of thiazole rings is 1. The maximum Gasteiger partial charge on any atom is 0.416 e. The molecule has 0 radical (unpaired) electrons. The van der Waals surface area contributed by atoms with Crippen molar-refractivity contribution in [3.63, 3.8) is 0 Å². The van der Waals surface area contributed by atoms with Gasteiger partial charge in [0.25, 0.3) is 0 Å². The number of amides is 1. The molecule has 112 valence electrons. The van der Waals surface area contributed by atoms with Crippen LogP contribution in [0.1, 0.15) is 19.4 Å². The minimum Gasteiger partial charge on any atom is -0.325 e. The first kappa shape index (κ1) is 15.5. The van der Waals surface area contributed by atoms with E-state index in [1.165, 1.54) is 23.6 Å². The van der Waals surface area contributed by atoms with Crippen LogP contribution in [0.25, 0.3) is 10.6 Å². The van der Waals surface area contributed by atoms with Crippen LogP contribution in [0.3, 0.4) is 0 Å². The first-order chi connectivity index (χ1) is 9.79. The van der Waals surface area contributed by atoms with Crippen LogP contribution in [0, 0.1) is 5.92 Å². The fraction of sp³-hybridized carbons (Fsp3) is 0.286. The number of alkyl halides is 3. The molecule has 0 fully saturated rings. The normalized spacial score (nSPS) is 11.7. The number of halogens is 3. The maximum absolute atomic E-state index is 12.8. The third-order valence-corrected chi connectivity index (χ3v) is 3.60. The van der Waals surface area contributed by atoms with Crippen molar-refractivity contribution >= 4 is 22.9 Å². The molecule has 0 unspecified atom stereocenters. The fourth-order valence-corrected chi connectivity index (χ4v) is 2.31. The number of anilines is 1. The smallest absolute Gasteiger partial charge is 0.325 e. The van der Waals surface area contributed by atoms with Crippen LogP contribution in [0.2, 0.25) is 0 Å². The van der Waals surface area contributed by atoms with E-state index in [4.69, 9.17) is 0 Å². The molecule has 1 N–H and O–H groups in total. The average molecular weight is 314 g/mol. The van der Waals surface area contributed by atoms with E-state index >= 15 is 0 Å². The Hall–Kier alpha value is -1.89. The van der Waals surface area contributed by atoms with Crippen molar-refractivity contribution in [1.29, 1.82) is 0 Å². The summed E-state index contributed by atoms with van der Waals surface area (Å²) in [5.74, 6) is -0.524. The van der Waals surface area contributed by atoms with Gasteiger partial charge in [0.15, 0.2) is 0 Å². The Morgan fingerprint density at radius 3 is 2.57 bits per heavy atom. The van der Waals surface area contributed by atoms with Gasteiger partial charge in [0, 0.05) is 23.1 Å². The molecule has 2 aromatic rings. The van der Waals surface area contributed by atoms with Gasteiger partial charge >= 0.3 is 6.18 Å². The molecular formula is C14H13F3N2OS. The molecule has 0 saturated heterocycles. The highest BCUT2D eigenvalue weighted by Crippen LogP contribution is 2.36. The van der Waals surface area contributed by atoms with Gasteiger partial charge in [0.1, 0.15) is 5.01 Å². The van der Waals surface area contributed by atoms with Gasteiger partial charge in [-0.1, -0.05) is 13.8 Å². The summed E-state index contributed by atoms with van der Waals surface area (Å²) >= 11 is 1.22. The minimum atomic E-state index is -4.44. The summed E-state index contributed by atoms with van der Waals surface area (Å²) < 4.78 is 38.5. The number of carbonyl (C=O) groups excluding carboxylic acids is 1. The summed E-state index contributed by atoms with van der Waals surface area (Å²) in [4.78, 5) is 15.8. The number of nitrogens with zero attached hydrogens (tertiary/aromatic N) is 1. The van der Waals surface area contributed by atoms with Gasteiger partial charge < -0.3 is 5.32 Å². The van der Waals surface area contributed by atoms with Crippen molar-refractivity contribution in [2.75, 3.05) is 5.32 Å².